The minimum atomic E-state index is -0.645. The van der Waals surface area contributed by atoms with Crippen LogP contribution in [0, 0.1) is 6.92 Å². The molecule has 4 nitrogen and oxygen atoms in total. The summed E-state index contributed by atoms with van der Waals surface area (Å²) >= 11 is 5.90. The Balaban J connectivity index is 2.74. The van der Waals surface area contributed by atoms with Gasteiger partial charge in [0, 0.05) is 5.02 Å². The standard InChI is InChI=1S/C16H24ClNO3/c1-5-16(6-2,10-19)18-15(20)12(4)21-14-8-7-13(17)9-11(14)3/h7-9,12,19H,5-6,10H2,1-4H3,(H,18,20). The van der Waals surface area contributed by atoms with E-state index in [1.807, 2.05) is 20.8 Å². The fraction of sp³-hybridized carbons (Fsp3) is 0.562. The van der Waals surface area contributed by atoms with Crippen molar-refractivity contribution < 1.29 is 14.6 Å². The third-order valence-electron chi connectivity index (χ3n) is 3.85. The Labute approximate surface area is 131 Å². The molecular weight excluding hydrogens is 290 g/mol. The lowest BCUT2D eigenvalue weighted by molar-refractivity contribution is -0.130. The largest absolute Gasteiger partial charge is 0.481 e. The maximum absolute atomic E-state index is 12.2. The van der Waals surface area contributed by atoms with Gasteiger partial charge in [-0.25, -0.2) is 0 Å². The van der Waals surface area contributed by atoms with Gasteiger partial charge in [0.15, 0.2) is 6.10 Å². The van der Waals surface area contributed by atoms with Crippen molar-refractivity contribution in [3.05, 3.63) is 28.8 Å². The second-order valence-corrected chi connectivity index (χ2v) is 5.74. The zero-order chi connectivity index (χ0) is 16.0. The fourth-order valence-electron chi connectivity index (χ4n) is 2.04. The molecule has 0 fully saturated rings. The molecule has 0 aliphatic carbocycles. The Morgan fingerprint density at radius 3 is 2.52 bits per heavy atom. The molecule has 1 rings (SSSR count). The van der Waals surface area contributed by atoms with Gasteiger partial charge >= 0.3 is 0 Å². The van der Waals surface area contributed by atoms with E-state index in [0.717, 1.165) is 5.56 Å². The Morgan fingerprint density at radius 2 is 2.05 bits per heavy atom. The predicted molar refractivity (Wildman–Crippen MR) is 84.8 cm³/mol. The predicted octanol–water partition coefficient (Wildman–Crippen LogP) is 3.08. The summed E-state index contributed by atoms with van der Waals surface area (Å²) in [5.74, 6) is 0.395. The van der Waals surface area contributed by atoms with Crippen LogP contribution in [0.5, 0.6) is 5.75 Å². The molecule has 0 aliphatic rings. The molecule has 0 heterocycles. The zero-order valence-corrected chi connectivity index (χ0v) is 13.8. The van der Waals surface area contributed by atoms with Crippen LogP contribution >= 0.6 is 11.6 Å². The lowest BCUT2D eigenvalue weighted by Crippen LogP contribution is -2.54. The number of amides is 1. The highest BCUT2D eigenvalue weighted by Crippen LogP contribution is 2.23. The first kappa shape index (κ1) is 17.8. The molecule has 1 unspecified atom stereocenters. The molecule has 0 saturated carbocycles. The molecule has 0 radical (unpaired) electrons. The summed E-state index contributed by atoms with van der Waals surface area (Å²) < 4.78 is 5.69. The molecule has 0 saturated heterocycles. The molecule has 118 valence electrons. The lowest BCUT2D eigenvalue weighted by atomic mass is 9.93. The third-order valence-corrected chi connectivity index (χ3v) is 4.09. The summed E-state index contributed by atoms with van der Waals surface area (Å²) in [6.45, 7) is 7.36. The van der Waals surface area contributed by atoms with Gasteiger partial charge in [-0.05, 0) is 50.5 Å². The van der Waals surface area contributed by atoms with Gasteiger partial charge in [0.2, 0.25) is 0 Å². The van der Waals surface area contributed by atoms with E-state index < -0.39 is 11.6 Å². The number of benzene rings is 1. The van der Waals surface area contributed by atoms with Crippen molar-refractivity contribution in [3.8, 4) is 5.75 Å². The second-order valence-electron chi connectivity index (χ2n) is 5.30. The van der Waals surface area contributed by atoms with E-state index in [0.29, 0.717) is 23.6 Å². The molecular formula is C16H24ClNO3. The highest BCUT2D eigenvalue weighted by Gasteiger charge is 2.29. The van der Waals surface area contributed by atoms with Crippen LogP contribution in [-0.4, -0.2) is 29.3 Å². The summed E-state index contributed by atoms with van der Waals surface area (Å²) in [6.07, 6.45) is 0.686. The van der Waals surface area contributed by atoms with Gasteiger partial charge in [-0.2, -0.15) is 0 Å². The van der Waals surface area contributed by atoms with Gasteiger partial charge in [0.05, 0.1) is 12.1 Å². The number of hydrogen-bond donors (Lipinski definition) is 2. The third kappa shape index (κ3) is 4.61. The van der Waals surface area contributed by atoms with Crippen LogP contribution in [0.3, 0.4) is 0 Å². The van der Waals surface area contributed by atoms with Crippen molar-refractivity contribution in [3.63, 3.8) is 0 Å². The van der Waals surface area contributed by atoms with Crippen LogP contribution < -0.4 is 10.1 Å². The quantitative estimate of drug-likeness (QED) is 0.813. The highest BCUT2D eigenvalue weighted by atomic mass is 35.5. The average molecular weight is 314 g/mol. The van der Waals surface area contributed by atoms with Crippen LogP contribution in [0.25, 0.3) is 0 Å². The van der Waals surface area contributed by atoms with E-state index in [9.17, 15) is 9.90 Å². The number of nitrogens with one attached hydrogen (secondary N) is 1. The van der Waals surface area contributed by atoms with E-state index in [4.69, 9.17) is 16.3 Å². The zero-order valence-electron chi connectivity index (χ0n) is 13.1. The van der Waals surface area contributed by atoms with E-state index >= 15 is 0 Å². The van der Waals surface area contributed by atoms with E-state index in [1.165, 1.54) is 0 Å². The first-order valence-electron chi connectivity index (χ1n) is 7.23. The van der Waals surface area contributed by atoms with Gasteiger partial charge in [-0.3, -0.25) is 4.79 Å². The van der Waals surface area contributed by atoms with Crippen LogP contribution in [0.15, 0.2) is 18.2 Å². The Bertz CT molecular complexity index is 478. The highest BCUT2D eigenvalue weighted by molar-refractivity contribution is 6.30. The lowest BCUT2D eigenvalue weighted by Gasteiger charge is -2.32. The molecule has 21 heavy (non-hydrogen) atoms. The van der Waals surface area contributed by atoms with E-state index in [2.05, 4.69) is 5.32 Å². The van der Waals surface area contributed by atoms with Crippen molar-refractivity contribution in [2.24, 2.45) is 0 Å². The summed E-state index contributed by atoms with van der Waals surface area (Å²) in [5.41, 5.74) is 0.297. The van der Waals surface area contributed by atoms with Gasteiger partial charge in [-0.1, -0.05) is 25.4 Å². The summed E-state index contributed by atoms with van der Waals surface area (Å²) in [4.78, 5) is 12.2. The van der Waals surface area contributed by atoms with Crippen molar-refractivity contribution in [2.45, 2.75) is 52.2 Å². The van der Waals surface area contributed by atoms with E-state index in [1.54, 1.807) is 25.1 Å². The molecule has 0 aromatic heterocycles. The smallest absolute Gasteiger partial charge is 0.261 e. The van der Waals surface area contributed by atoms with Gasteiger partial charge in [-0.15, -0.1) is 0 Å². The number of aliphatic hydroxyl groups excluding tert-OH is 1. The van der Waals surface area contributed by atoms with Gasteiger partial charge < -0.3 is 15.2 Å². The van der Waals surface area contributed by atoms with Gasteiger partial charge in [0.25, 0.3) is 5.91 Å². The maximum atomic E-state index is 12.2. The van der Waals surface area contributed by atoms with Crippen LogP contribution in [0.4, 0.5) is 0 Å². The average Bonchev–Trinajstić information content (AvgIpc) is 2.47. The molecule has 5 heteroatoms. The minimum Gasteiger partial charge on any atom is -0.481 e. The van der Waals surface area contributed by atoms with Crippen molar-refractivity contribution in [1.82, 2.24) is 5.32 Å². The maximum Gasteiger partial charge on any atom is 0.261 e. The molecule has 0 bridgehead atoms. The SMILES string of the molecule is CCC(CC)(CO)NC(=O)C(C)Oc1ccc(Cl)cc1C. The summed E-state index contributed by atoms with van der Waals surface area (Å²) in [7, 11) is 0. The number of halogens is 1. The van der Waals surface area contributed by atoms with Crippen LogP contribution in [-0.2, 0) is 4.79 Å². The number of carbonyl (C=O) groups excluding carboxylic acids is 1. The molecule has 2 N–H and O–H groups in total. The molecule has 1 aromatic rings. The summed E-state index contributed by atoms with van der Waals surface area (Å²) in [6, 6.07) is 5.27. The van der Waals surface area contributed by atoms with Crippen molar-refractivity contribution in [1.29, 1.82) is 0 Å². The molecule has 0 spiro atoms. The monoisotopic (exact) mass is 313 g/mol. The number of carbonyl (C=O) groups is 1. The summed E-state index contributed by atoms with van der Waals surface area (Å²) in [5, 5.41) is 13.0. The van der Waals surface area contributed by atoms with Crippen LogP contribution in [0.2, 0.25) is 5.02 Å². The first-order chi connectivity index (χ1) is 9.87. The van der Waals surface area contributed by atoms with Crippen LogP contribution in [0.1, 0.15) is 39.2 Å². The number of aryl methyl sites for hydroxylation is 1. The molecule has 0 aliphatic heterocycles. The molecule has 1 atom stereocenters. The normalized spacial score (nSPS) is 12.9. The van der Waals surface area contributed by atoms with Gasteiger partial charge in [0.1, 0.15) is 5.75 Å². The van der Waals surface area contributed by atoms with Crippen molar-refractivity contribution >= 4 is 17.5 Å². The van der Waals surface area contributed by atoms with E-state index in [-0.39, 0.29) is 12.5 Å². The molecule has 1 amide bonds. The number of aliphatic hydroxyl groups is 1. The first-order valence-corrected chi connectivity index (χ1v) is 7.61. The molecule has 1 aromatic carbocycles. The Morgan fingerprint density at radius 1 is 1.43 bits per heavy atom. The fourth-order valence-corrected chi connectivity index (χ4v) is 2.27. The number of hydrogen-bond acceptors (Lipinski definition) is 3. The second kappa shape index (κ2) is 7.66. The van der Waals surface area contributed by atoms with Crippen molar-refractivity contribution in [2.75, 3.05) is 6.61 Å². The Hall–Kier alpha value is -1.26. The minimum absolute atomic E-state index is 0.0849. The Kier molecular flexibility index (Phi) is 6.49. The number of rotatable bonds is 7. The number of ether oxygens (including phenoxy) is 1. The topological polar surface area (TPSA) is 58.6 Å².